The van der Waals surface area contributed by atoms with Crippen molar-refractivity contribution in [3.05, 3.63) is 29.3 Å². The molecule has 1 aliphatic heterocycles. The molecule has 1 aromatic rings. The van der Waals surface area contributed by atoms with Crippen molar-refractivity contribution in [2.45, 2.75) is 38.3 Å². The molecule has 16 heavy (non-hydrogen) atoms. The monoisotopic (exact) mass is 239 g/mol. The van der Waals surface area contributed by atoms with Gasteiger partial charge in [-0.3, -0.25) is 0 Å². The van der Waals surface area contributed by atoms with E-state index in [2.05, 4.69) is 19.2 Å². The van der Waals surface area contributed by atoms with Crippen LogP contribution in [0.25, 0.3) is 0 Å². The lowest BCUT2D eigenvalue weighted by atomic mass is 9.94. The van der Waals surface area contributed by atoms with Gasteiger partial charge in [0.25, 0.3) is 0 Å². The molecule has 3 heteroatoms. The van der Waals surface area contributed by atoms with Gasteiger partial charge in [-0.1, -0.05) is 11.6 Å². The predicted octanol–water partition coefficient (Wildman–Crippen LogP) is 3.71. The maximum Gasteiger partial charge on any atom is 0.0646 e. The maximum atomic E-state index is 5.85. The zero-order valence-electron chi connectivity index (χ0n) is 9.79. The number of benzene rings is 1. The van der Waals surface area contributed by atoms with Gasteiger partial charge < -0.3 is 10.1 Å². The molecule has 0 saturated carbocycles. The Bertz CT molecular complexity index is 347. The standard InChI is InChI=1S/C13H18ClNO/c1-13(2)9-12(7-8-16-13)15-11-5-3-10(14)4-6-11/h3-6,12,15H,7-9H2,1-2H3/t12-/m0/s1. The lowest BCUT2D eigenvalue weighted by Crippen LogP contribution is -2.40. The van der Waals surface area contributed by atoms with E-state index in [-0.39, 0.29) is 5.60 Å². The number of ether oxygens (including phenoxy) is 1. The van der Waals surface area contributed by atoms with Crippen molar-refractivity contribution in [3.63, 3.8) is 0 Å². The van der Waals surface area contributed by atoms with Gasteiger partial charge in [0.2, 0.25) is 0 Å². The van der Waals surface area contributed by atoms with Crippen LogP contribution in [-0.4, -0.2) is 18.2 Å². The Morgan fingerprint density at radius 2 is 2.00 bits per heavy atom. The van der Waals surface area contributed by atoms with E-state index < -0.39 is 0 Å². The highest BCUT2D eigenvalue weighted by atomic mass is 35.5. The molecule has 0 unspecified atom stereocenters. The van der Waals surface area contributed by atoms with E-state index in [1.807, 2.05) is 24.3 Å². The van der Waals surface area contributed by atoms with Crippen molar-refractivity contribution in [1.29, 1.82) is 0 Å². The first-order valence-corrected chi connectivity index (χ1v) is 6.09. The second kappa shape index (κ2) is 4.64. The van der Waals surface area contributed by atoms with Crippen molar-refractivity contribution in [3.8, 4) is 0 Å². The fourth-order valence-electron chi connectivity index (χ4n) is 2.14. The normalized spacial score (nSPS) is 24.1. The van der Waals surface area contributed by atoms with Gasteiger partial charge in [0.05, 0.1) is 5.60 Å². The summed E-state index contributed by atoms with van der Waals surface area (Å²) in [6.45, 7) is 5.11. The molecule has 0 spiro atoms. The third-order valence-corrected chi connectivity index (χ3v) is 3.16. The summed E-state index contributed by atoms with van der Waals surface area (Å²) in [4.78, 5) is 0. The second-order valence-corrected chi connectivity index (χ2v) is 5.39. The van der Waals surface area contributed by atoms with E-state index in [0.29, 0.717) is 6.04 Å². The highest BCUT2D eigenvalue weighted by Crippen LogP contribution is 2.26. The van der Waals surface area contributed by atoms with Crippen LogP contribution in [0.2, 0.25) is 5.02 Å². The number of hydrogen-bond acceptors (Lipinski definition) is 2. The van der Waals surface area contributed by atoms with Gasteiger partial charge in [0, 0.05) is 23.4 Å². The number of rotatable bonds is 2. The summed E-state index contributed by atoms with van der Waals surface area (Å²) in [6, 6.07) is 8.35. The fraction of sp³-hybridized carbons (Fsp3) is 0.538. The molecule has 1 fully saturated rings. The first-order chi connectivity index (χ1) is 7.55. The Kier molecular flexibility index (Phi) is 3.41. The predicted molar refractivity (Wildman–Crippen MR) is 68.1 cm³/mol. The summed E-state index contributed by atoms with van der Waals surface area (Å²) in [6.07, 6.45) is 2.10. The Morgan fingerprint density at radius 3 is 2.62 bits per heavy atom. The maximum absolute atomic E-state index is 5.85. The lowest BCUT2D eigenvalue weighted by molar-refractivity contribution is -0.0553. The smallest absolute Gasteiger partial charge is 0.0646 e. The molecule has 0 amide bonds. The molecule has 1 aromatic carbocycles. The number of nitrogens with one attached hydrogen (secondary N) is 1. The zero-order valence-corrected chi connectivity index (χ0v) is 10.6. The first-order valence-electron chi connectivity index (χ1n) is 5.71. The summed E-state index contributed by atoms with van der Waals surface area (Å²) in [5, 5.41) is 4.30. The molecule has 2 nitrogen and oxygen atoms in total. The van der Waals surface area contributed by atoms with E-state index in [4.69, 9.17) is 16.3 Å². The highest BCUT2D eigenvalue weighted by Gasteiger charge is 2.28. The molecule has 1 atom stereocenters. The minimum atomic E-state index is -0.0116. The molecule has 1 heterocycles. The number of halogens is 1. The molecular formula is C13H18ClNO. The van der Waals surface area contributed by atoms with Crippen LogP contribution in [0.15, 0.2) is 24.3 Å². The Morgan fingerprint density at radius 1 is 1.31 bits per heavy atom. The Labute approximate surface area is 102 Å². The molecule has 1 aliphatic rings. The molecule has 1 N–H and O–H groups in total. The molecule has 1 saturated heterocycles. The van der Waals surface area contributed by atoms with Gasteiger partial charge in [-0.2, -0.15) is 0 Å². The summed E-state index contributed by atoms with van der Waals surface area (Å²) in [7, 11) is 0. The van der Waals surface area contributed by atoms with Crippen LogP contribution in [0.1, 0.15) is 26.7 Å². The summed E-state index contributed by atoms with van der Waals surface area (Å²) in [5.74, 6) is 0. The molecule has 2 rings (SSSR count). The van der Waals surface area contributed by atoms with Crippen LogP contribution in [0.4, 0.5) is 5.69 Å². The minimum absolute atomic E-state index is 0.0116. The third kappa shape index (κ3) is 3.13. The Hall–Kier alpha value is -0.730. The van der Waals surface area contributed by atoms with Gasteiger partial charge in [-0.05, 0) is 51.0 Å². The minimum Gasteiger partial charge on any atom is -0.382 e. The van der Waals surface area contributed by atoms with Crippen LogP contribution < -0.4 is 5.32 Å². The van der Waals surface area contributed by atoms with Crippen LogP contribution in [0.5, 0.6) is 0 Å². The Balaban J connectivity index is 1.97. The molecule has 0 aliphatic carbocycles. The van der Waals surface area contributed by atoms with E-state index in [9.17, 15) is 0 Å². The topological polar surface area (TPSA) is 21.3 Å². The van der Waals surface area contributed by atoms with Crippen LogP contribution in [0.3, 0.4) is 0 Å². The molecule has 0 bridgehead atoms. The quantitative estimate of drug-likeness (QED) is 0.850. The van der Waals surface area contributed by atoms with Crippen molar-refractivity contribution in [1.82, 2.24) is 0 Å². The van der Waals surface area contributed by atoms with Crippen molar-refractivity contribution >= 4 is 17.3 Å². The first kappa shape index (κ1) is 11.7. The average Bonchev–Trinajstić information content (AvgIpc) is 2.20. The second-order valence-electron chi connectivity index (χ2n) is 4.95. The van der Waals surface area contributed by atoms with Crippen molar-refractivity contribution < 1.29 is 4.74 Å². The van der Waals surface area contributed by atoms with Gasteiger partial charge in [0.1, 0.15) is 0 Å². The summed E-state index contributed by atoms with van der Waals surface area (Å²) >= 11 is 5.85. The zero-order chi connectivity index (χ0) is 11.6. The molecule has 0 aromatic heterocycles. The average molecular weight is 240 g/mol. The van der Waals surface area contributed by atoms with Crippen molar-refractivity contribution in [2.75, 3.05) is 11.9 Å². The van der Waals surface area contributed by atoms with Gasteiger partial charge >= 0.3 is 0 Å². The van der Waals surface area contributed by atoms with E-state index in [0.717, 1.165) is 30.2 Å². The molecular weight excluding hydrogens is 222 g/mol. The fourth-order valence-corrected chi connectivity index (χ4v) is 2.26. The molecule has 88 valence electrons. The van der Waals surface area contributed by atoms with E-state index in [1.165, 1.54) is 0 Å². The van der Waals surface area contributed by atoms with Gasteiger partial charge in [-0.15, -0.1) is 0 Å². The summed E-state index contributed by atoms with van der Waals surface area (Å²) < 4.78 is 5.69. The number of hydrogen-bond donors (Lipinski definition) is 1. The summed E-state index contributed by atoms with van der Waals surface area (Å²) in [5.41, 5.74) is 1.12. The van der Waals surface area contributed by atoms with Gasteiger partial charge in [-0.25, -0.2) is 0 Å². The molecule has 0 radical (unpaired) electrons. The van der Waals surface area contributed by atoms with Gasteiger partial charge in [0.15, 0.2) is 0 Å². The van der Waals surface area contributed by atoms with Crippen LogP contribution >= 0.6 is 11.6 Å². The third-order valence-electron chi connectivity index (χ3n) is 2.91. The van der Waals surface area contributed by atoms with Crippen LogP contribution in [0, 0.1) is 0 Å². The SMILES string of the molecule is CC1(C)C[C@@H](Nc2ccc(Cl)cc2)CCO1. The van der Waals surface area contributed by atoms with E-state index >= 15 is 0 Å². The number of anilines is 1. The van der Waals surface area contributed by atoms with Crippen molar-refractivity contribution in [2.24, 2.45) is 0 Å². The lowest BCUT2D eigenvalue weighted by Gasteiger charge is -2.36. The van der Waals surface area contributed by atoms with Crippen LogP contribution in [-0.2, 0) is 4.74 Å². The highest BCUT2D eigenvalue weighted by molar-refractivity contribution is 6.30. The van der Waals surface area contributed by atoms with E-state index in [1.54, 1.807) is 0 Å². The largest absolute Gasteiger partial charge is 0.382 e.